The molecule has 0 radical (unpaired) electrons. The van der Waals surface area contributed by atoms with Crippen LogP contribution in [0.3, 0.4) is 0 Å². The molecule has 5 nitrogen and oxygen atoms in total. The van der Waals surface area contributed by atoms with E-state index in [0.717, 1.165) is 28.0 Å². The molecule has 2 aromatic heterocycles. The Morgan fingerprint density at radius 3 is 2.52 bits per heavy atom. The smallest absolute Gasteiger partial charge is 0.261 e. The Kier molecular flexibility index (Phi) is 4.20. The zero-order chi connectivity index (χ0) is 19.0. The number of rotatable bonds is 4. The number of imidazole rings is 1. The van der Waals surface area contributed by atoms with Crippen molar-refractivity contribution in [3.63, 3.8) is 0 Å². The van der Waals surface area contributed by atoms with Crippen molar-refractivity contribution in [1.29, 1.82) is 0 Å². The second-order valence-corrected chi connectivity index (χ2v) is 8.23. The molecule has 2 aromatic carbocycles. The fraction of sp³-hybridized carbons (Fsp3) is 0.0952. The van der Waals surface area contributed by atoms with E-state index >= 15 is 0 Å². The van der Waals surface area contributed by atoms with E-state index in [1.165, 1.54) is 0 Å². The summed E-state index contributed by atoms with van der Waals surface area (Å²) in [5.41, 5.74) is 5.03. The van der Waals surface area contributed by atoms with Crippen LogP contribution in [-0.4, -0.2) is 17.8 Å². The number of nitrogens with zero attached hydrogens (tertiary/aromatic N) is 2. The molecule has 1 N–H and O–H groups in total. The predicted molar refractivity (Wildman–Crippen MR) is 107 cm³/mol. The maximum atomic E-state index is 12.6. The van der Waals surface area contributed by atoms with Crippen LogP contribution in [0.5, 0.6) is 0 Å². The fourth-order valence-electron chi connectivity index (χ4n) is 2.92. The molecule has 0 aliphatic rings. The van der Waals surface area contributed by atoms with Crippen LogP contribution in [0.15, 0.2) is 78.0 Å². The maximum absolute atomic E-state index is 12.6. The Bertz CT molecular complexity index is 1230. The van der Waals surface area contributed by atoms with Gasteiger partial charge in [0.05, 0.1) is 16.3 Å². The second-order valence-electron chi connectivity index (χ2n) is 6.54. The molecule has 4 rings (SSSR count). The summed E-state index contributed by atoms with van der Waals surface area (Å²) in [4.78, 5) is 4.89. The lowest BCUT2D eigenvalue weighted by Gasteiger charge is -2.11. The molecule has 136 valence electrons. The van der Waals surface area contributed by atoms with E-state index in [9.17, 15) is 8.42 Å². The zero-order valence-corrected chi connectivity index (χ0v) is 15.9. The van der Waals surface area contributed by atoms with Gasteiger partial charge in [-0.2, -0.15) is 0 Å². The van der Waals surface area contributed by atoms with E-state index in [1.54, 1.807) is 30.3 Å². The van der Waals surface area contributed by atoms with Crippen molar-refractivity contribution in [3.05, 3.63) is 84.2 Å². The van der Waals surface area contributed by atoms with Crippen LogP contribution >= 0.6 is 0 Å². The van der Waals surface area contributed by atoms with Gasteiger partial charge in [0.1, 0.15) is 5.65 Å². The number of benzene rings is 2. The molecule has 0 atom stereocenters. The van der Waals surface area contributed by atoms with Crippen molar-refractivity contribution < 1.29 is 8.42 Å². The van der Waals surface area contributed by atoms with Crippen LogP contribution in [0.25, 0.3) is 16.9 Å². The van der Waals surface area contributed by atoms with Gasteiger partial charge in [-0.1, -0.05) is 30.3 Å². The average molecular weight is 377 g/mol. The Hall–Kier alpha value is -3.12. The normalized spacial score (nSPS) is 11.6. The lowest BCUT2D eigenvalue weighted by Crippen LogP contribution is -2.13. The van der Waals surface area contributed by atoms with Crippen molar-refractivity contribution >= 4 is 21.4 Å². The number of sulfonamides is 1. The van der Waals surface area contributed by atoms with Gasteiger partial charge in [0.15, 0.2) is 0 Å². The number of hydrogen-bond donors (Lipinski definition) is 1. The van der Waals surface area contributed by atoms with Gasteiger partial charge in [0.2, 0.25) is 0 Å². The van der Waals surface area contributed by atoms with E-state index in [2.05, 4.69) is 9.71 Å². The van der Waals surface area contributed by atoms with Crippen LogP contribution in [-0.2, 0) is 10.0 Å². The Morgan fingerprint density at radius 1 is 0.963 bits per heavy atom. The van der Waals surface area contributed by atoms with Crippen LogP contribution in [0.2, 0.25) is 0 Å². The van der Waals surface area contributed by atoms with E-state index in [1.807, 2.05) is 61.0 Å². The van der Waals surface area contributed by atoms with E-state index in [-0.39, 0.29) is 4.90 Å². The Labute approximate surface area is 158 Å². The summed E-state index contributed by atoms with van der Waals surface area (Å²) in [5.74, 6) is 0. The highest BCUT2D eigenvalue weighted by atomic mass is 32.2. The topological polar surface area (TPSA) is 63.5 Å². The summed E-state index contributed by atoms with van der Waals surface area (Å²) in [6.45, 7) is 3.90. The summed E-state index contributed by atoms with van der Waals surface area (Å²) < 4.78 is 29.9. The molecule has 0 unspecified atom stereocenters. The maximum Gasteiger partial charge on any atom is 0.261 e. The van der Waals surface area contributed by atoms with Gasteiger partial charge in [0.25, 0.3) is 10.0 Å². The summed E-state index contributed by atoms with van der Waals surface area (Å²) >= 11 is 0. The molecule has 0 amide bonds. The van der Waals surface area contributed by atoms with Gasteiger partial charge in [-0.25, -0.2) is 13.4 Å². The number of fused-ring (bicyclic) bond motifs is 1. The molecule has 0 aliphatic carbocycles. The molecular weight excluding hydrogens is 358 g/mol. The van der Waals surface area contributed by atoms with E-state index in [0.29, 0.717) is 5.69 Å². The molecule has 2 heterocycles. The number of hydrogen-bond acceptors (Lipinski definition) is 3. The number of anilines is 1. The van der Waals surface area contributed by atoms with Crippen LogP contribution in [0.4, 0.5) is 5.69 Å². The third-order valence-electron chi connectivity index (χ3n) is 4.45. The summed E-state index contributed by atoms with van der Waals surface area (Å²) in [6, 6.07) is 18.0. The molecule has 4 aromatic rings. The first kappa shape index (κ1) is 17.3. The molecule has 0 aliphatic heterocycles. The minimum Gasteiger partial charge on any atom is -0.306 e. The minimum atomic E-state index is -3.64. The third-order valence-corrected chi connectivity index (χ3v) is 5.83. The SMILES string of the molecule is Cc1ccn2cc(-c3ccc(C)c(NS(=O)(=O)c4ccccc4)c3)nc2c1. The number of aromatic nitrogens is 2. The Morgan fingerprint density at radius 2 is 1.74 bits per heavy atom. The highest BCUT2D eigenvalue weighted by molar-refractivity contribution is 7.92. The Balaban J connectivity index is 1.73. The highest BCUT2D eigenvalue weighted by Crippen LogP contribution is 2.27. The van der Waals surface area contributed by atoms with E-state index < -0.39 is 10.0 Å². The monoisotopic (exact) mass is 377 g/mol. The quantitative estimate of drug-likeness (QED) is 0.573. The largest absolute Gasteiger partial charge is 0.306 e. The first-order valence-corrected chi connectivity index (χ1v) is 10.0. The molecule has 0 fully saturated rings. The molecule has 0 spiro atoms. The van der Waals surface area contributed by atoms with Gasteiger partial charge < -0.3 is 4.40 Å². The first-order valence-electron chi connectivity index (χ1n) is 8.57. The lowest BCUT2D eigenvalue weighted by atomic mass is 10.1. The van der Waals surface area contributed by atoms with E-state index in [4.69, 9.17) is 0 Å². The van der Waals surface area contributed by atoms with Gasteiger partial charge in [-0.3, -0.25) is 4.72 Å². The summed E-state index contributed by atoms with van der Waals surface area (Å²) in [5, 5.41) is 0. The van der Waals surface area contributed by atoms with Crippen LogP contribution < -0.4 is 4.72 Å². The highest BCUT2D eigenvalue weighted by Gasteiger charge is 2.15. The lowest BCUT2D eigenvalue weighted by molar-refractivity contribution is 0.601. The predicted octanol–water partition coefficient (Wildman–Crippen LogP) is 4.42. The molecule has 6 heteroatoms. The summed E-state index contributed by atoms with van der Waals surface area (Å²) in [6.07, 6.45) is 3.91. The van der Waals surface area contributed by atoms with Crippen molar-refractivity contribution in [2.75, 3.05) is 4.72 Å². The second kappa shape index (κ2) is 6.55. The van der Waals surface area contributed by atoms with Crippen LogP contribution in [0, 0.1) is 13.8 Å². The molecule has 0 saturated carbocycles. The molecular formula is C21H19N3O2S. The first-order chi connectivity index (χ1) is 12.9. The number of aryl methyl sites for hydroxylation is 2. The zero-order valence-electron chi connectivity index (χ0n) is 15.0. The standard InChI is InChI=1S/C21H19N3O2S/c1-15-10-11-24-14-20(22-21(24)12-15)17-9-8-16(2)19(13-17)23-27(25,26)18-6-4-3-5-7-18/h3-14,23H,1-2H3. The van der Waals surface area contributed by atoms with Crippen LogP contribution in [0.1, 0.15) is 11.1 Å². The van der Waals surface area contributed by atoms with Crippen molar-refractivity contribution in [2.24, 2.45) is 0 Å². The minimum absolute atomic E-state index is 0.234. The summed E-state index contributed by atoms with van der Waals surface area (Å²) in [7, 11) is -3.64. The van der Waals surface area contributed by atoms with Gasteiger partial charge >= 0.3 is 0 Å². The molecule has 27 heavy (non-hydrogen) atoms. The van der Waals surface area contributed by atoms with Gasteiger partial charge in [-0.05, 0) is 55.3 Å². The van der Waals surface area contributed by atoms with Crippen molar-refractivity contribution in [3.8, 4) is 11.3 Å². The van der Waals surface area contributed by atoms with Crippen molar-refractivity contribution in [1.82, 2.24) is 9.38 Å². The number of nitrogens with one attached hydrogen (secondary N) is 1. The van der Waals surface area contributed by atoms with Gasteiger partial charge in [0, 0.05) is 18.0 Å². The molecule has 0 bridgehead atoms. The average Bonchev–Trinajstić information content (AvgIpc) is 3.07. The third kappa shape index (κ3) is 3.44. The van der Waals surface area contributed by atoms with Crippen molar-refractivity contribution in [2.45, 2.75) is 18.7 Å². The van der Waals surface area contributed by atoms with Gasteiger partial charge in [-0.15, -0.1) is 0 Å². The molecule has 0 saturated heterocycles. The fourth-order valence-corrected chi connectivity index (χ4v) is 4.06. The number of pyridine rings is 1.